The maximum Gasteiger partial charge on any atom is 0.0624 e. The minimum atomic E-state index is 0.225. The average Bonchev–Trinajstić information content (AvgIpc) is 2.98. The Bertz CT molecular complexity index is 369. The molecule has 0 amide bonds. The van der Waals surface area contributed by atoms with Crippen molar-refractivity contribution in [1.29, 1.82) is 0 Å². The lowest BCUT2D eigenvalue weighted by molar-refractivity contribution is 0.182. The fourth-order valence-electron chi connectivity index (χ4n) is 2.68. The van der Waals surface area contributed by atoms with Crippen molar-refractivity contribution in [2.24, 2.45) is 11.7 Å². The van der Waals surface area contributed by atoms with E-state index in [1.165, 1.54) is 17.8 Å². The van der Waals surface area contributed by atoms with Crippen LogP contribution in [0.3, 0.4) is 0 Å². The van der Waals surface area contributed by atoms with Gasteiger partial charge in [0.1, 0.15) is 0 Å². The Hall–Kier alpha value is -0.870. The van der Waals surface area contributed by atoms with E-state index in [-0.39, 0.29) is 6.04 Å². The number of hydrogen-bond acceptors (Lipinski definition) is 3. The van der Waals surface area contributed by atoms with Gasteiger partial charge in [0.05, 0.1) is 5.69 Å². The number of ether oxygens (including phenoxy) is 1. The van der Waals surface area contributed by atoms with Gasteiger partial charge in [-0.05, 0) is 38.2 Å². The predicted octanol–water partition coefficient (Wildman–Crippen LogP) is 1.76. The van der Waals surface area contributed by atoms with Gasteiger partial charge in [0, 0.05) is 37.9 Å². The summed E-state index contributed by atoms with van der Waals surface area (Å²) in [4.78, 5) is 0. The summed E-state index contributed by atoms with van der Waals surface area (Å²) in [5.74, 6) is 0.656. The van der Waals surface area contributed by atoms with E-state index in [0.29, 0.717) is 5.92 Å². The van der Waals surface area contributed by atoms with Crippen LogP contribution in [0.15, 0.2) is 6.07 Å². The molecular weight excluding hydrogens is 226 g/mol. The molecule has 1 aromatic heterocycles. The zero-order valence-electron chi connectivity index (χ0n) is 11.6. The number of nitrogens with two attached hydrogens (primary N) is 1. The normalized spacial score (nSPS) is 21.4. The Morgan fingerprint density at radius 3 is 3.00 bits per heavy atom. The zero-order valence-corrected chi connectivity index (χ0v) is 11.6. The first kappa shape index (κ1) is 13.6. The minimum Gasteiger partial charge on any atom is -0.381 e. The number of nitrogens with zero attached hydrogens (tertiary/aromatic N) is 2. The molecule has 0 bridgehead atoms. The van der Waals surface area contributed by atoms with Crippen LogP contribution in [-0.2, 0) is 24.1 Å². The van der Waals surface area contributed by atoms with Gasteiger partial charge in [-0.15, -0.1) is 0 Å². The largest absolute Gasteiger partial charge is 0.381 e. The maximum absolute atomic E-state index is 6.26. The monoisotopic (exact) mass is 251 g/mol. The highest BCUT2D eigenvalue weighted by Gasteiger charge is 2.20. The first-order valence-electron chi connectivity index (χ1n) is 7.11. The van der Waals surface area contributed by atoms with Gasteiger partial charge < -0.3 is 10.5 Å². The van der Waals surface area contributed by atoms with Crippen LogP contribution in [0.5, 0.6) is 0 Å². The van der Waals surface area contributed by atoms with Crippen molar-refractivity contribution < 1.29 is 4.74 Å². The summed E-state index contributed by atoms with van der Waals surface area (Å²) in [6.45, 7) is 6.99. The van der Waals surface area contributed by atoms with Crippen molar-refractivity contribution in [3.8, 4) is 0 Å². The molecule has 2 unspecified atom stereocenters. The smallest absolute Gasteiger partial charge is 0.0624 e. The van der Waals surface area contributed by atoms with Crippen LogP contribution in [0.4, 0.5) is 0 Å². The quantitative estimate of drug-likeness (QED) is 0.838. The van der Waals surface area contributed by atoms with E-state index in [1.807, 2.05) is 0 Å². The van der Waals surface area contributed by atoms with Crippen molar-refractivity contribution in [1.82, 2.24) is 9.78 Å². The lowest BCUT2D eigenvalue weighted by atomic mass is 9.97. The van der Waals surface area contributed by atoms with E-state index in [0.717, 1.165) is 39.0 Å². The molecule has 1 aliphatic heterocycles. The highest BCUT2D eigenvalue weighted by Crippen LogP contribution is 2.19. The second-order valence-electron chi connectivity index (χ2n) is 5.23. The van der Waals surface area contributed by atoms with Gasteiger partial charge in [-0.1, -0.05) is 6.92 Å². The summed E-state index contributed by atoms with van der Waals surface area (Å²) in [7, 11) is 0. The van der Waals surface area contributed by atoms with Crippen LogP contribution in [0, 0.1) is 5.92 Å². The van der Waals surface area contributed by atoms with Gasteiger partial charge in [-0.2, -0.15) is 5.10 Å². The topological polar surface area (TPSA) is 53.1 Å². The Labute approximate surface area is 110 Å². The van der Waals surface area contributed by atoms with Crippen LogP contribution in [0.25, 0.3) is 0 Å². The third-order valence-corrected chi connectivity index (χ3v) is 3.71. The van der Waals surface area contributed by atoms with Gasteiger partial charge in [-0.3, -0.25) is 4.68 Å². The predicted molar refractivity (Wildman–Crippen MR) is 72.5 cm³/mol. The fraction of sp³-hybridized carbons (Fsp3) is 0.786. The Balaban J connectivity index is 1.92. The first-order chi connectivity index (χ1) is 8.72. The average molecular weight is 251 g/mol. The van der Waals surface area contributed by atoms with Gasteiger partial charge in [-0.25, -0.2) is 0 Å². The standard InChI is InChI=1S/C14H25N3O/c1-3-13-9-14(17(4-2)16-13)8-12(15)7-11-5-6-18-10-11/h9,11-12H,3-8,10,15H2,1-2H3. The molecule has 2 rings (SSSR count). The van der Waals surface area contributed by atoms with Crippen molar-refractivity contribution in [3.63, 3.8) is 0 Å². The van der Waals surface area contributed by atoms with E-state index in [2.05, 4.69) is 29.7 Å². The van der Waals surface area contributed by atoms with Crippen molar-refractivity contribution in [2.75, 3.05) is 13.2 Å². The van der Waals surface area contributed by atoms with E-state index >= 15 is 0 Å². The van der Waals surface area contributed by atoms with Crippen LogP contribution >= 0.6 is 0 Å². The molecule has 0 saturated carbocycles. The van der Waals surface area contributed by atoms with Crippen molar-refractivity contribution >= 4 is 0 Å². The molecule has 0 spiro atoms. The fourth-order valence-corrected chi connectivity index (χ4v) is 2.68. The summed E-state index contributed by atoms with van der Waals surface area (Å²) in [6.07, 6.45) is 4.15. The van der Waals surface area contributed by atoms with E-state index in [4.69, 9.17) is 10.5 Å². The first-order valence-corrected chi connectivity index (χ1v) is 7.11. The third-order valence-electron chi connectivity index (χ3n) is 3.71. The molecule has 2 atom stereocenters. The van der Waals surface area contributed by atoms with Gasteiger partial charge in [0.25, 0.3) is 0 Å². The van der Waals surface area contributed by atoms with Gasteiger partial charge in [0.15, 0.2) is 0 Å². The van der Waals surface area contributed by atoms with Crippen LogP contribution in [0.1, 0.15) is 38.1 Å². The molecule has 2 N–H and O–H groups in total. The van der Waals surface area contributed by atoms with Crippen LogP contribution < -0.4 is 5.73 Å². The lowest BCUT2D eigenvalue weighted by Gasteiger charge is -2.15. The second-order valence-corrected chi connectivity index (χ2v) is 5.23. The van der Waals surface area contributed by atoms with Gasteiger partial charge >= 0.3 is 0 Å². The summed E-state index contributed by atoms with van der Waals surface area (Å²) >= 11 is 0. The van der Waals surface area contributed by atoms with Crippen molar-refractivity contribution in [3.05, 3.63) is 17.5 Å². The van der Waals surface area contributed by atoms with Crippen LogP contribution in [-0.4, -0.2) is 29.0 Å². The second kappa shape index (κ2) is 6.34. The molecule has 0 radical (unpaired) electrons. The minimum absolute atomic E-state index is 0.225. The van der Waals surface area contributed by atoms with Crippen LogP contribution in [0.2, 0.25) is 0 Å². The molecule has 0 aliphatic carbocycles. The molecule has 1 aromatic rings. The van der Waals surface area contributed by atoms with Gasteiger partial charge in [0.2, 0.25) is 0 Å². The molecular formula is C14H25N3O. The zero-order chi connectivity index (χ0) is 13.0. The van der Waals surface area contributed by atoms with E-state index in [9.17, 15) is 0 Å². The van der Waals surface area contributed by atoms with E-state index in [1.54, 1.807) is 0 Å². The molecule has 1 aliphatic rings. The highest BCUT2D eigenvalue weighted by molar-refractivity contribution is 5.11. The SMILES string of the molecule is CCc1cc(CC(N)CC2CCOC2)n(CC)n1. The molecule has 4 heteroatoms. The highest BCUT2D eigenvalue weighted by atomic mass is 16.5. The summed E-state index contributed by atoms with van der Waals surface area (Å²) in [5.41, 5.74) is 8.71. The number of rotatable bonds is 6. The summed E-state index contributed by atoms with van der Waals surface area (Å²) < 4.78 is 7.49. The molecule has 102 valence electrons. The number of hydrogen-bond donors (Lipinski definition) is 1. The lowest BCUT2D eigenvalue weighted by Crippen LogP contribution is -2.27. The Morgan fingerprint density at radius 2 is 2.39 bits per heavy atom. The summed E-state index contributed by atoms with van der Waals surface area (Å²) in [5, 5.41) is 4.57. The molecule has 18 heavy (non-hydrogen) atoms. The Kier molecular flexibility index (Phi) is 4.78. The number of aryl methyl sites for hydroxylation is 2. The molecule has 1 saturated heterocycles. The van der Waals surface area contributed by atoms with E-state index < -0.39 is 0 Å². The third kappa shape index (κ3) is 3.33. The molecule has 0 aromatic carbocycles. The Morgan fingerprint density at radius 1 is 1.56 bits per heavy atom. The van der Waals surface area contributed by atoms with Crippen molar-refractivity contribution in [2.45, 2.75) is 52.1 Å². The maximum atomic E-state index is 6.26. The number of aromatic nitrogens is 2. The molecule has 1 fully saturated rings. The molecule has 2 heterocycles. The molecule has 4 nitrogen and oxygen atoms in total. The summed E-state index contributed by atoms with van der Waals surface area (Å²) in [6, 6.07) is 2.43.